The summed E-state index contributed by atoms with van der Waals surface area (Å²) in [6, 6.07) is 15.3. The predicted molar refractivity (Wildman–Crippen MR) is 91.1 cm³/mol. The fraction of sp³-hybridized carbons (Fsp3) is 0.167. The Morgan fingerprint density at radius 2 is 1.84 bits per heavy atom. The van der Waals surface area contributed by atoms with Crippen LogP contribution < -0.4 is 10.2 Å². The number of hydrogen-bond donors (Lipinski definition) is 2. The minimum absolute atomic E-state index is 0.169. The van der Waals surface area contributed by atoms with Gasteiger partial charge in [-0.2, -0.15) is 5.10 Å². The number of methoxy groups -OCH3 is 1. The van der Waals surface area contributed by atoms with E-state index in [2.05, 4.69) is 15.3 Å². The fourth-order valence-corrected chi connectivity index (χ4v) is 1.87. The Balaban J connectivity index is 1.85. The number of aliphatic hydroxyl groups is 1. The molecule has 130 valence electrons. The van der Waals surface area contributed by atoms with Crippen LogP contribution in [-0.2, 0) is 14.3 Å². The number of amides is 1. The van der Waals surface area contributed by atoms with E-state index in [1.54, 1.807) is 54.6 Å². The maximum atomic E-state index is 11.8. The summed E-state index contributed by atoms with van der Waals surface area (Å²) in [6.45, 7) is -0.169. The van der Waals surface area contributed by atoms with Gasteiger partial charge >= 0.3 is 5.97 Å². The second-order valence-electron chi connectivity index (χ2n) is 4.98. The summed E-state index contributed by atoms with van der Waals surface area (Å²) >= 11 is 0. The van der Waals surface area contributed by atoms with E-state index in [-0.39, 0.29) is 6.61 Å². The van der Waals surface area contributed by atoms with Crippen molar-refractivity contribution in [1.82, 2.24) is 5.43 Å². The minimum atomic E-state index is -1.28. The molecule has 0 saturated heterocycles. The number of esters is 1. The lowest BCUT2D eigenvalue weighted by Gasteiger charge is -2.08. The van der Waals surface area contributed by atoms with Crippen LogP contribution in [0.25, 0.3) is 0 Å². The van der Waals surface area contributed by atoms with Gasteiger partial charge in [0.2, 0.25) is 0 Å². The van der Waals surface area contributed by atoms with Crippen molar-refractivity contribution in [2.45, 2.75) is 6.10 Å². The zero-order valence-corrected chi connectivity index (χ0v) is 13.6. The molecule has 7 nitrogen and oxygen atoms in total. The van der Waals surface area contributed by atoms with Crippen molar-refractivity contribution in [3.63, 3.8) is 0 Å². The second-order valence-corrected chi connectivity index (χ2v) is 4.98. The van der Waals surface area contributed by atoms with E-state index in [0.717, 1.165) is 0 Å². The van der Waals surface area contributed by atoms with Crippen molar-refractivity contribution in [1.29, 1.82) is 0 Å². The van der Waals surface area contributed by atoms with Gasteiger partial charge in [0.1, 0.15) is 5.75 Å². The molecule has 0 radical (unpaired) electrons. The molecular weight excluding hydrogens is 324 g/mol. The lowest BCUT2D eigenvalue weighted by molar-refractivity contribution is -0.142. The van der Waals surface area contributed by atoms with Crippen LogP contribution in [0.5, 0.6) is 5.75 Å². The van der Waals surface area contributed by atoms with Crippen LogP contribution in [0.2, 0.25) is 0 Å². The third-order valence-electron chi connectivity index (χ3n) is 3.22. The van der Waals surface area contributed by atoms with Crippen LogP contribution in [0, 0.1) is 0 Å². The standard InChI is InChI=1S/C18H18N2O5/c1-24-16(21)12-25-15-9-7-13(8-10-15)11-19-20-18(23)17(22)14-5-3-2-4-6-14/h2-11,17,22H,12H2,1H3,(H,20,23)/b19-11-/t17-/m1/s1. The van der Waals surface area contributed by atoms with Crippen LogP contribution in [-0.4, -0.2) is 36.9 Å². The molecule has 0 aliphatic heterocycles. The number of rotatable bonds is 7. The third-order valence-corrected chi connectivity index (χ3v) is 3.22. The Morgan fingerprint density at radius 1 is 1.16 bits per heavy atom. The molecule has 0 bridgehead atoms. The summed E-state index contributed by atoms with van der Waals surface area (Å²) in [5.74, 6) is -0.586. The summed E-state index contributed by atoms with van der Waals surface area (Å²) in [5.41, 5.74) is 3.48. The van der Waals surface area contributed by atoms with E-state index in [9.17, 15) is 14.7 Å². The number of carbonyl (C=O) groups is 2. The molecule has 0 aliphatic carbocycles. The number of benzene rings is 2. The quantitative estimate of drug-likeness (QED) is 0.451. The fourth-order valence-electron chi connectivity index (χ4n) is 1.87. The number of nitrogens with zero attached hydrogens (tertiary/aromatic N) is 1. The van der Waals surface area contributed by atoms with Gasteiger partial charge in [-0.05, 0) is 35.4 Å². The molecule has 0 spiro atoms. The summed E-state index contributed by atoms with van der Waals surface area (Å²) < 4.78 is 9.69. The minimum Gasteiger partial charge on any atom is -0.482 e. The van der Waals surface area contributed by atoms with E-state index in [0.29, 0.717) is 16.9 Å². The molecule has 2 aromatic rings. The van der Waals surface area contributed by atoms with Crippen LogP contribution in [0.4, 0.5) is 0 Å². The van der Waals surface area contributed by atoms with E-state index in [4.69, 9.17) is 4.74 Å². The van der Waals surface area contributed by atoms with Gasteiger partial charge in [0, 0.05) is 0 Å². The highest BCUT2D eigenvalue weighted by atomic mass is 16.6. The predicted octanol–water partition coefficient (Wildman–Crippen LogP) is 1.42. The molecule has 7 heteroatoms. The molecule has 25 heavy (non-hydrogen) atoms. The lowest BCUT2D eigenvalue weighted by atomic mass is 10.1. The summed E-state index contributed by atoms with van der Waals surface area (Å²) in [7, 11) is 1.29. The highest BCUT2D eigenvalue weighted by Crippen LogP contribution is 2.12. The van der Waals surface area contributed by atoms with E-state index in [1.807, 2.05) is 0 Å². The van der Waals surface area contributed by atoms with Crippen molar-refractivity contribution >= 4 is 18.1 Å². The van der Waals surface area contributed by atoms with Crippen LogP contribution in [0.1, 0.15) is 17.2 Å². The summed E-state index contributed by atoms with van der Waals surface area (Å²) in [5, 5.41) is 13.7. The number of aliphatic hydroxyl groups excluding tert-OH is 1. The normalized spacial score (nSPS) is 11.8. The average molecular weight is 342 g/mol. The molecule has 0 aliphatic rings. The SMILES string of the molecule is COC(=O)COc1ccc(/C=N\NC(=O)[C@H](O)c2ccccc2)cc1. The molecule has 0 unspecified atom stereocenters. The maximum absolute atomic E-state index is 11.8. The molecule has 1 atom stereocenters. The van der Waals surface area contributed by atoms with Crippen molar-refractivity contribution in [3.8, 4) is 5.75 Å². The van der Waals surface area contributed by atoms with E-state index >= 15 is 0 Å². The van der Waals surface area contributed by atoms with Crippen molar-refractivity contribution in [2.24, 2.45) is 5.10 Å². The third kappa shape index (κ3) is 5.74. The number of hydrogen-bond acceptors (Lipinski definition) is 6. The molecule has 2 N–H and O–H groups in total. The second kappa shape index (κ2) is 9.19. The Kier molecular flexibility index (Phi) is 6.67. The molecule has 2 aromatic carbocycles. The molecule has 0 saturated carbocycles. The monoisotopic (exact) mass is 342 g/mol. The van der Waals surface area contributed by atoms with Gasteiger partial charge in [0.25, 0.3) is 5.91 Å². The Bertz CT molecular complexity index is 729. The average Bonchev–Trinajstić information content (AvgIpc) is 2.67. The number of hydrazone groups is 1. The first-order valence-electron chi connectivity index (χ1n) is 7.46. The number of carbonyl (C=O) groups excluding carboxylic acids is 2. The van der Waals surface area contributed by atoms with Gasteiger partial charge < -0.3 is 14.6 Å². The number of nitrogens with one attached hydrogen (secondary N) is 1. The van der Waals surface area contributed by atoms with Gasteiger partial charge in [-0.3, -0.25) is 4.79 Å². The maximum Gasteiger partial charge on any atom is 0.343 e. The number of ether oxygens (including phenoxy) is 2. The van der Waals surface area contributed by atoms with Crippen LogP contribution in [0.15, 0.2) is 59.7 Å². The van der Waals surface area contributed by atoms with Gasteiger partial charge in [0.15, 0.2) is 12.7 Å². The topological polar surface area (TPSA) is 97.2 Å². The summed E-state index contributed by atoms with van der Waals surface area (Å²) in [6.07, 6.45) is 0.145. The molecule has 0 aromatic heterocycles. The highest BCUT2D eigenvalue weighted by Gasteiger charge is 2.15. The summed E-state index contributed by atoms with van der Waals surface area (Å²) in [4.78, 5) is 22.8. The zero-order valence-electron chi connectivity index (χ0n) is 13.6. The zero-order chi connectivity index (χ0) is 18.1. The first kappa shape index (κ1) is 18.2. The van der Waals surface area contributed by atoms with E-state index in [1.165, 1.54) is 13.3 Å². The Labute approximate surface area is 144 Å². The molecule has 1 amide bonds. The largest absolute Gasteiger partial charge is 0.482 e. The smallest absolute Gasteiger partial charge is 0.343 e. The van der Waals surface area contributed by atoms with Crippen molar-refractivity contribution < 1.29 is 24.2 Å². The Hall–Kier alpha value is -3.19. The van der Waals surface area contributed by atoms with Gasteiger partial charge in [-0.25, -0.2) is 10.2 Å². The van der Waals surface area contributed by atoms with Crippen LogP contribution in [0.3, 0.4) is 0 Å². The Morgan fingerprint density at radius 3 is 2.48 bits per heavy atom. The first-order valence-corrected chi connectivity index (χ1v) is 7.46. The first-order chi connectivity index (χ1) is 12.1. The molecule has 0 fully saturated rings. The van der Waals surface area contributed by atoms with Gasteiger partial charge in [-0.15, -0.1) is 0 Å². The van der Waals surface area contributed by atoms with Gasteiger partial charge in [0.05, 0.1) is 13.3 Å². The van der Waals surface area contributed by atoms with Gasteiger partial charge in [-0.1, -0.05) is 30.3 Å². The van der Waals surface area contributed by atoms with Crippen molar-refractivity contribution in [2.75, 3.05) is 13.7 Å². The molecule has 0 heterocycles. The van der Waals surface area contributed by atoms with Crippen LogP contribution >= 0.6 is 0 Å². The highest BCUT2D eigenvalue weighted by molar-refractivity contribution is 5.85. The molecular formula is C18H18N2O5. The van der Waals surface area contributed by atoms with E-state index < -0.39 is 18.0 Å². The molecule has 2 rings (SSSR count). The van der Waals surface area contributed by atoms with Crippen molar-refractivity contribution in [3.05, 3.63) is 65.7 Å². The lowest BCUT2D eigenvalue weighted by Crippen LogP contribution is -2.25.